The quantitative estimate of drug-likeness (QED) is 0.491. The van der Waals surface area contributed by atoms with E-state index in [1.54, 1.807) is 12.4 Å². The van der Waals surface area contributed by atoms with Gasteiger partial charge in [0, 0.05) is 17.3 Å². The molecule has 3 aromatic rings. The Morgan fingerprint density at radius 3 is 2.57 bits per heavy atom. The molecule has 0 saturated heterocycles. The molecular weight excluding hydrogens is 306 g/mol. The van der Waals surface area contributed by atoms with Crippen molar-refractivity contribution in [3.8, 4) is 10.4 Å². The molecule has 2 aromatic heterocycles. The third-order valence-electron chi connectivity index (χ3n) is 3.46. The Morgan fingerprint density at radius 2 is 1.78 bits per heavy atom. The minimum atomic E-state index is -0.244. The number of carbonyl (C=O) groups is 1. The van der Waals surface area contributed by atoms with Gasteiger partial charge >= 0.3 is 5.97 Å². The van der Waals surface area contributed by atoms with E-state index in [-0.39, 0.29) is 5.97 Å². The van der Waals surface area contributed by atoms with Crippen LogP contribution in [0.3, 0.4) is 0 Å². The lowest BCUT2D eigenvalue weighted by molar-refractivity contribution is 0.0506. The molecule has 0 bridgehead atoms. The van der Waals surface area contributed by atoms with Crippen LogP contribution in [0.15, 0.2) is 67.0 Å². The molecule has 0 aliphatic carbocycles. The van der Waals surface area contributed by atoms with E-state index in [4.69, 9.17) is 4.74 Å². The average Bonchev–Trinajstić information content (AvgIpc) is 3.10. The van der Waals surface area contributed by atoms with Crippen LogP contribution in [0.1, 0.15) is 21.7 Å². The fraction of sp³-hybridized carbons (Fsp3) is 0.158. The number of thiophene rings is 1. The van der Waals surface area contributed by atoms with Crippen LogP contribution in [-0.2, 0) is 11.2 Å². The Bertz CT molecular complexity index is 753. The van der Waals surface area contributed by atoms with Crippen molar-refractivity contribution in [2.24, 2.45) is 0 Å². The summed E-state index contributed by atoms with van der Waals surface area (Å²) >= 11 is 1.47. The van der Waals surface area contributed by atoms with Gasteiger partial charge in [0.15, 0.2) is 0 Å². The molecule has 3 rings (SSSR count). The Kier molecular flexibility index (Phi) is 5.17. The van der Waals surface area contributed by atoms with Crippen LogP contribution in [0.25, 0.3) is 10.4 Å². The third-order valence-corrected chi connectivity index (χ3v) is 4.57. The Hall–Kier alpha value is -2.46. The summed E-state index contributed by atoms with van der Waals surface area (Å²) in [5.41, 5.74) is 2.33. The van der Waals surface area contributed by atoms with Gasteiger partial charge in [0.2, 0.25) is 0 Å². The van der Waals surface area contributed by atoms with Gasteiger partial charge in [-0.05, 0) is 48.2 Å². The third kappa shape index (κ3) is 4.27. The highest BCUT2D eigenvalue weighted by Crippen LogP contribution is 2.28. The number of aromatic nitrogens is 1. The van der Waals surface area contributed by atoms with Gasteiger partial charge in [0.25, 0.3) is 0 Å². The van der Waals surface area contributed by atoms with E-state index in [0.29, 0.717) is 11.5 Å². The number of esters is 1. The summed E-state index contributed by atoms with van der Waals surface area (Å²) < 4.78 is 5.35. The van der Waals surface area contributed by atoms with Crippen LogP contribution in [0.4, 0.5) is 0 Å². The van der Waals surface area contributed by atoms with E-state index in [2.05, 4.69) is 4.98 Å². The highest BCUT2D eigenvalue weighted by molar-refractivity contribution is 7.17. The lowest BCUT2D eigenvalue weighted by Gasteiger charge is -2.03. The monoisotopic (exact) mass is 323 g/mol. The van der Waals surface area contributed by atoms with Gasteiger partial charge in [-0.15, -0.1) is 11.3 Å². The van der Waals surface area contributed by atoms with Crippen molar-refractivity contribution in [1.82, 2.24) is 4.98 Å². The fourth-order valence-corrected chi connectivity index (χ4v) is 3.17. The number of hydrogen-bond acceptors (Lipinski definition) is 4. The first kappa shape index (κ1) is 15.4. The van der Waals surface area contributed by atoms with Crippen LogP contribution in [0.2, 0.25) is 0 Å². The second-order valence-electron chi connectivity index (χ2n) is 5.12. The smallest absolute Gasteiger partial charge is 0.348 e. The number of nitrogens with zero attached hydrogens (tertiary/aromatic N) is 1. The molecule has 0 unspecified atom stereocenters. The Labute approximate surface area is 139 Å². The average molecular weight is 323 g/mol. The summed E-state index contributed by atoms with van der Waals surface area (Å²) in [6, 6.07) is 17.8. The molecule has 0 spiro atoms. The highest BCUT2D eigenvalue weighted by atomic mass is 32.1. The molecule has 116 valence electrons. The number of rotatable bonds is 6. The molecule has 2 heterocycles. The Morgan fingerprint density at radius 1 is 1.00 bits per heavy atom. The van der Waals surface area contributed by atoms with Crippen molar-refractivity contribution >= 4 is 17.3 Å². The van der Waals surface area contributed by atoms with Crippen molar-refractivity contribution in [2.75, 3.05) is 6.61 Å². The van der Waals surface area contributed by atoms with Crippen molar-refractivity contribution in [3.05, 3.63) is 77.4 Å². The maximum atomic E-state index is 12.1. The number of aryl methyl sites for hydroxylation is 1. The number of benzene rings is 1. The predicted molar refractivity (Wildman–Crippen MR) is 92.6 cm³/mol. The molecule has 0 fully saturated rings. The van der Waals surface area contributed by atoms with Crippen LogP contribution < -0.4 is 0 Å². The summed E-state index contributed by atoms with van der Waals surface area (Å²) in [5.74, 6) is -0.244. The summed E-state index contributed by atoms with van der Waals surface area (Å²) in [7, 11) is 0. The van der Waals surface area contributed by atoms with Crippen molar-refractivity contribution in [1.29, 1.82) is 0 Å². The lowest BCUT2D eigenvalue weighted by atomic mass is 10.1. The summed E-state index contributed by atoms with van der Waals surface area (Å²) in [4.78, 5) is 17.8. The number of pyridine rings is 1. The number of hydrogen-bond donors (Lipinski definition) is 0. The van der Waals surface area contributed by atoms with E-state index >= 15 is 0 Å². The molecule has 0 atom stereocenters. The van der Waals surface area contributed by atoms with Crippen LogP contribution in [0.5, 0.6) is 0 Å². The standard InChI is InChI=1S/C19H17NO2S/c21-19(22-14-4-5-15-10-12-20-13-11-15)18-9-8-17(23-18)16-6-2-1-3-7-16/h1-3,6-13H,4-5,14H2. The zero-order valence-electron chi connectivity index (χ0n) is 12.6. The summed E-state index contributed by atoms with van der Waals surface area (Å²) in [5, 5.41) is 0. The molecule has 0 aliphatic heterocycles. The zero-order chi connectivity index (χ0) is 15.9. The molecule has 0 aliphatic rings. The number of carbonyl (C=O) groups excluding carboxylic acids is 1. The van der Waals surface area contributed by atoms with Gasteiger partial charge in [0.05, 0.1) is 6.61 Å². The van der Waals surface area contributed by atoms with Crippen LogP contribution >= 0.6 is 11.3 Å². The first-order valence-corrected chi connectivity index (χ1v) is 8.36. The maximum absolute atomic E-state index is 12.1. The first-order valence-electron chi connectivity index (χ1n) is 7.54. The Balaban J connectivity index is 1.50. The van der Waals surface area contributed by atoms with Gasteiger partial charge in [-0.1, -0.05) is 30.3 Å². The topological polar surface area (TPSA) is 39.2 Å². The zero-order valence-corrected chi connectivity index (χ0v) is 13.5. The van der Waals surface area contributed by atoms with E-state index in [1.165, 1.54) is 16.9 Å². The van der Waals surface area contributed by atoms with Gasteiger partial charge in [0.1, 0.15) is 4.88 Å². The van der Waals surface area contributed by atoms with Crippen molar-refractivity contribution in [3.63, 3.8) is 0 Å². The van der Waals surface area contributed by atoms with E-state index < -0.39 is 0 Å². The molecule has 1 aromatic carbocycles. The normalized spacial score (nSPS) is 10.4. The molecule has 0 radical (unpaired) electrons. The molecule has 4 heteroatoms. The van der Waals surface area contributed by atoms with E-state index in [9.17, 15) is 4.79 Å². The SMILES string of the molecule is O=C(OCCCc1ccncc1)c1ccc(-c2ccccc2)s1. The van der Waals surface area contributed by atoms with Crippen LogP contribution in [0, 0.1) is 0 Å². The lowest BCUT2D eigenvalue weighted by Crippen LogP contribution is -2.05. The summed E-state index contributed by atoms with van der Waals surface area (Å²) in [6.45, 7) is 0.430. The molecule has 0 N–H and O–H groups in total. The number of ether oxygens (including phenoxy) is 1. The van der Waals surface area contributed by atoms with Gasteiger partial charge in [-0.25, -0.2) is 4.79 Å². The molecule has 23 heavy (non-hydrogen) atoms. The molecular formula is C19H17NO2S. The second-order valence-corrected chi connectivity index (χ2v) is 6.21. The highest BCUT2D eigenvalue weighted by Gasteiger charge is 2.11. The van der Waals surface area contributed by atoms with Crippen molar-refractivity contribution in [2.45, 2.75) is 12.8 Å². The fourth-order valence-electron chi connectivity index (χ4n) is 2.27. The molecule has 0 saturated carbocycles. The second kappa shape index (κ2) is 7.70. The molecule has 0 amide bonds. The first-order chi connectivity index (χ1) is 11.3. The van der Waals surface area contributed by atoms with Gasteiger partial charge in [-0.2, -0.15) is 0 Å². The van der Waals surface area contributed by atoms with Crippen LogP contribution in [-0.4, -0.2) is 17.6 Å². The maximum Gasteiger partial charge on any atom is 0.348 e. The molecule has 3 nitrogen and oxygen atoms in total. The minimum absolute atomic E-state index is 0.244. The van der Waals surface area contributed by atoms with Gasteiger partial charge < -0.3 is 4.74 Å². The largest absolute Gasteiger partial charge is 0.461 e. The van der Waals surface area contributed by atoms with Gasteiger partial charge in [-0.3, -0.25) is 4.98 Å². The minimum Gasteiger partial charge on any atom is -0.461 e. The van der Waals surface area contributed by atoms with Crippen molar-refractivity contribution < 1.29 is 9.53 Å². The van der Waals surface area contributed by atoms with E-state index in [1.807, 2.05) is 54.6 Å². The predicted octanol–water partition coefficient (Wildman–Crippen LogP) is 4.60. The summed E-state index contributed by atoms with van der Waals surface area (Å²) in [6.07, 6.45) is 5.25. The van der Waals surface area contributed by atoms with E-state index in [0.717, 1.165) is 23.3 Å².